The lowest BCUT2D eigenvalue weighted by Crippen LogP contribution is -2.36. The Kier molecular flexibility index (Phi) is 3.78. The van der Waals surface area contributed by atoms with Crippen LogP contribution < -0.4 is 5.32 Å². The van der Waals surface area contributed by atoms with E-state index in [4.69, 9.17) is 9.47 Å². The Morgan fingerprint density at radius 3 is 2.62 bits per heavy atom. The van der Waals surface area contributed by atoms with Crippen molar-refractivity contribution in [3.63, 3.8) is 0 Å². The number of amides is 1. The van der Waals surface area contributed by atoms with Gasteiger partial charge >= 0.3 is 12.1 Å². The summed E-state index contributed by atoms with van der Waals surface area (Å²) in [6.45, 7) is 7.51. The molecular formula is C11H19NO4. The van der Waals surface area contributed by atoms with E-state index in [1.807, 2.05) is 6.92 Å². The zero-order chi connectivity index (χ0) is 12.3. The Bertz CT molecular complexity index is 282. The molecule has 1 N–H and O–H groups in total. The number of cyclic esters (lactones) is 1. The summed E-state index contributed by atoms with van der Waals surface area (Å²) in [7, 11) is 0. The fraction of sp³-hybridized carbons (Fsp3) is 0.818. The summed E-state index contributed by atoms with van der Waals surface area (Å²) in [4.78, 5) is 22.4. The molecule has 0 saturated carbocycles. The minimum Gasteiger partial charge on any atom is -0.460 e. The van der Waals surface area contributed by atoms with Gasteiger partial charge in [-0.15, -0.1) is 0 Å². The number of ether oxygens (including phenoxy) is 2. The third-order valence-corrected chi connectivity index (χ3v) is 2.17. The lowest BCUT2D eigenvalue weighted by atomic mass is 10.1. The second kappa shape index (κ2) is 4.72. The van der Waals surface area contributed by atoms with E-state index in [-0.39, 0.29) is 18.0 Å². The highest BCUT2D eigenvalue weighted by Gasteiger charge is 2.31. The fourth-order valence-corrected chi connectivity index (χ4v) is 1.46. The van der Waals surface area contributed by atoms with Gasteiger partial charge in [-0.2, -0.15) is 0 Å². The molecule has 0 aliphatic carbocycles. The molecule has 0 unspecified atom stereocenters. The number of nitrogens with one attached hydrogen (secondary N) is 1. The molecule has 1 saturated heterocycles. The van der Waals surface area contributed by atoms with Gasteiger partial charge in [0.15, 0.2) is 0 Å². The maximum absolute atomic E-state index is 11.3. The largest absolute Gasteiger partial charge is 0.460 e. The highest BCUT2D eigenvalue weighted by atomic mass is 16.6. The molecule has 2 atom stereocenters. The first kappa shape index (κ1) is 12.8. The van der Waals surface area contributed by atoms with Crippen LogP contribution in [0.25, 0.3) is 0 Å². The first-order valence-corrected chi connectivity index (χ1v) is 5.45. The second-order valence-electron chi connectivity index (χ2n) is 5.08. The van der Waals surface area contributed by atoms with Crippen molar-refractivity contribution in [1.29, 1.82) is 0 Å². The molecule has 1 aliphatic heterocycles. The van der Waals surface area contributed by atoms with Crippen molar-refractivity contribution in [2.24, 2.45) is 5.92 Å². The first-order chi connectivity index (χ1) is 7.28. The molecule has 1 fully saturated rings. The number of esters is 1. The van der Waals surface area contributed by atoms with Crippen molar-refractivity contribution in [3.05, 3.63) is 0 Å². The lowest BCUT2D eigenvalue weighted by molar-refractivity contribution is -0.143. The Labute approximate surface area is 95.5 Å². The number of carbonyl (C=O) groups is 2. The first-order valence-electron chi connectivity index (χ1n) is 5.45. The van der Waals surface area contributed by atoms with Crippen molar-refractivity contribution in [3.8, 4) is 0 Å². The number of hydrogen-bond donors (Lipinski definition) is 1. The van der Waals surface area contributed by atoms with Crippen molar-refractivity contribution >= 4 is 12.1 Å². The molecule has 0 radical (unpaired) electrons. The SMILES string of the molecule is C[C@H]1C[C@H](CNC(=O)OC(C)(C)C)OC1=O. The van der Waals surface area contributed by atoms with Crippen molar-refractivity contribution in [2.45, 2.75) is 45.8 Å². The lowest BCUT2D eigenvalue weighted by Gasteiger charge is -2.20. The second-order valence-corrected chi connectivity index (χ2v) is 5.08. The summed E-state index contributed by atoms with van der Waals surface area (Å²) in [5, 5.41) is 2.58. The molecule has 92 valence electrons. The Balaban J connectivity index is 2.26. The van der Waals surface area contributed by atoms with Gasteiger partial charge in [0.05, 0.1) is 12.5 Å². The van der Waals surface area contributed by atoms with E-state index in [1.54, 1.807) is 20.8 Å². The summed E-state index contributed by atoms with van der Waals surface area (Å²) in [5.74, 6) is -0.276. The molecule has 1 heterocycles. The molecule has 0 spiro atoms. The predicted molar refractivity (Wildman–Crippen MR) is 57.9 cm³/mol. The monoisotopic (exact) mass is 229 g/mol. The average Bonchev–Trinajstić information content (AvgIpc) is 2.40. The summed E-state index contributed by atoms with van der Waals surface area (Å²) >= 11 is 0. The zero-order valence-corrected chi connectivity index (χ0v) is 10.2. The van der Waals surface area contributed by atoms with Gasteiger partial charge in [0.25, 0.3) is 0 Å². The van der Waals surface area contributed by atoms with Crippen molar-refractivity contribution in [2.75, 3.05) is 6.54 Å². The van der Waals surface area contributed by atoms with Gasteiger partial charge in [0.2, 0.25) is 0 Å². The molecule has 16 heavy (non-hydrogen) atoms. The topological polar surface area (TPSA) is 64.6 Å². The Morgan fingerprint density at radius 2 is 2.19 bits per heavy atom. The van der Waals surface area contributed by atoms with Gasteiger partial charge in [-0.3, -0.25) is 4.79 Å². The maximum Gasteiger partial charge on any atom is 0.407 e. The zero-order valence-electron chi connectivity index (χ0n) is 10.2. The highest BCUT2D eigenvalue weighted by molar-refractivity contribution is 5.74. The van der Waals surface area contributed by atoms with Gasteiger partial charge in [-0.25, -0.2) is 4.79 Å². The van der Waals surface area contributed by atoms with Crippen LogP contribution in [0, 0.1) is 5.92 Å². The van der Waals surface area contributed by atoms with Crippen molar-refractivity contribution in [1.82, 2.24) is 5.32 Å². The quantitative estimate of drug-likeness (QED) is 0.728. The predicted octanol–water partition coefficient (Wildman–Crippen LogP) is 1.46. The minimum absolute atomic E-state index is 0.0783. The van der Waals surface area contributed by atoms with Crippen LogP contribution >= 0.6 is 0 Å². The maximum atomic E-state index is 11.3. The van der Waals surface area contributed by atoms with E-state index in [1.165, 1.54) is 0 Å². The average molecular weight is 229 g/mol. The number of alkyl carbamates (subject to hydrolysis) is 1. The van der Waals surface area contributed by atoms with Crippen LogP contribution in [-0.2, 0) is 14.3 Å². The molecule has 1 amide bonds. The minimum atomic E-state index is -0.510. The standard InChI is InChI=1S/C11H19NO4/c1-7-5-8(15-9(7)13)6-12-10(14)16-11(2,3)4/h7-8H,5-6H2,1-4H3,(H,12,14)/t7-,8+/m0/s1. The third-order valence-electron chi connectivity index (χ3n) is 2.17. The van der Waals surface area contributed by atoms with Crippen LogP contribution in [0.15, 0.2) is 0 Å². The van der Waals surface area contributed by atoms with E-state index in [2.05, 4.69) is 5.32 Å². The van der Waals surface area contributed by atoms with E-state index in [9.17, 15) is 9.59 Å². The molecule has 0 aromatic rings. The molecule has 0 aromatic heterocycles. The summed E-state index contributed by atoms with van der Waals surface area (Å²) < 4.78 is 10.1. The summed E-state index contributed by atoms with van der Waals surface area (Å²) in [5.41, 5.74) is -0.510. The third kappa shape index (κ3) is 4.08. The molecule has 0 aromatic carbocycles. The molecule has 5 heteroatoms. The normalized spacial score (nSPS) is 25.1. The Morgan fingerprint density at radius 1 is 1.56 bits per heavy atom. The van der Waals surface area contributed by atoms with Gasteiger partial charge in [0.1, 0.15) is 11.7 Å². The summed E-state index contributed by atoms with van der Waals surface area (Å²) in [6, 6.07) is 0. The number of carbonyl (C=O) groups excluding carboxylic acids is 2. The van der Waals surface area contributed by atoms with Crippen LogP contribution in [0.4, 0.5) is 4.79 Å². The van der Waals surface area contributed by atoms with Gasteiger partial charge in [-0.05, 0) is 27.2 Å². The van der Waals surface area contributed by atoms with E-state index in [0.29, 0.717) is 13.0 Å². The van der Waals surface area contributed by atoms with Crippen LogP contribution in [0.1, 0.15) is 34.1 Å². The highest BCUT2D eigenvalue weighted by Crippen LogP contribution is 2.19. The van der Waals surface area contributed by atoms with Gasteiger partial charge in [0, 0.05) is 0 Å². The van der Waals surface area contributed by atoms with E-state index < -0.39 is 11.7 Å². The van der Waals surface area contributed by atoms with E-state index in [0.717, 1.165) is 0 Å². The van der Waals surface area contributed by atoms with E-state index >= 15 is 0 Å². The van der Waals surface area contributed by atoms with Crippen LogP contribution in [0.3, 0.4) is 0 Å². The number of hydrogen-bond acceptors (Lipinski definition) is 4. The Hall–Kier alpha value is -1.26. The summed E-state index contributed by atoms with van der Waals surface area (Å²) in [6.07, 6.45) is -0.0626. The molecule has 1 rings (SSSR count). The fourth-order valence-electron chi connectivity index (χ4n) is 1.46. The molecule has 0 bridgehead atoms. The molecule has 5 nitrogen and oxygen atoms in total. The smallest absolute Gasteiger partial charge is 0.407 e. The van der Waals surface area contributed by atoms with Gasteiger partial charge in [-0.1, -0.05) is 6.92 Å². The van der Waals surface area contributed by atoms with Crippen molar-refractivity contribution < 1.29 is 19.1 Å². The molecule has 1 aliphatic rings. The number of rotatable bonds is 2. The van der Waals surface area contributed by atoms with Crippen LogP contribution in [0.2, 0.25) is 0 Å². The van der Waals surface area contributed by atoms with Gasteiger partial charge < -0.3 is 14.8 Å². The molecular weight excluding hydrogens is 210 g/mol. The van der Waals surface area contributed by atoms with Crippen LogP contribution in [0.5, 0.6) is 0 Å². The van der Waals surface area contributed by atoms with Crippen LogP contribution in [-0.4, -0.2) is 30.3 Å².